The van der Waals surface area contributed by atoms with E-state index in [4.69, 9.17) is 9.47 Å². The van der Waals surface area contributed by atoms with Gasteiger partial charge in [-0.25, -0.2) is 9.97 Å². The third kappa shape index (κ3) is 3.36. The summed E-state index contributed by atoms with van der Waals surface area (Å²) in [6.07, 6.45) is 5.58. The molecule has 0 saturated carbocycles. The molecule has 0 aromatic carbocycles. The smallest absolute Gasteiger partial charge is 0.257 e. The van der Waals surface area contributed by atoms with Gasteiger partial charge in [0.15, 0.2) is 5.79 Å². The van der Waals surface area contributed by atoms with Crippen LogP contribution in [0.5, 0.6) is 0 Å². The molecule has 0 bridgehead atoms. The van der Waals surface area contributed by atoms with Gasteiger partial charge in [-0.15, -0.1) is 0 Å². The lowest BCUT2D eigenvalue weighted by atomic mass is 10.0. The summed E-state index contributed by atoms with van der Waals surface area (Å²) in [5.74, 6) is 0.114. The van der Waals surface area contributed by atoms with Crippen LogP contribution < -0.4 is 4.90 Å². The predicted octanol–water partition coefficient (Wildman–Crippen LogP) is -0.266. The highest BCUT2D eigenvalue weighted by Crippen LogP contribution is 2.32. The molecule has 9 nitrogen and oxygen atoms in total. The molecule has 1 aromatic rings. The third-order valence-electron chi connectivity index (χ3n) is 5.26. The molecule has 3 fully saturated rings. The number of nitrogens with zero attached hydrogens (tertiary/aromatic N) is 5. The summed E-state index contributed by atoms with van der Waals surface area (Å²) in [4.78, 5) is 37.6. The molecule has 3 saturated heterocycles. The van der Waals surface area contributed by atoms with Crippen molar-refractivity contribution in [2.24, 2.45) is 0 Å². The van der Waals surface area contributed by atoms with Gasteiger partial charge in [0, 0.05) is 64.5 Å². The largest absolute Gasteiger partial charge is 0.347 e. The Bertz CT molecular complexity index is 644. The van der Waals surface area contributed by atoms with E-state index in [-0.39, 0.29) is 5.91 Å². The second-order valence-corrected chi connectivity index (χ2v) is 6.80. The quantitative estimate of drug-likeness (QED) is 0.685. The number of rotatable bonds is 3. The predicted molar refractivity (Wildman–Crippen MR) is 91.7 cm³/mol. The van der Waals surface area contributed by atoms with Gasteiger partial charge in [-0.2, -0.15) is 0 Å². The molecule has 0 radical (unpaired) electrons. The second kappa shape index (κ2) is 7.16. The van der Waals surface area contributed by atoms with Gasteiger partial charge in [0.25, 0.3) is 5.91 Å². The molecular formula is C17H23N5O4. The Labute approximate surface area is 151 Å². The van der Waals surface area contributed by atoms with Crippen LogP contribution in [-0.4, -0.2) is 90.4 Å². The molecule has 0 unspecified atom stereocenters. The fourth-order valence-corrected chi connectivity index (χ4v) is 3.64. The first-order chi connectivity index (χ1) is 12.7. The zero-order valence-electron chi connectivity index (χ0n) is 14.7. The van der Waals surface area contributed by atoms with Gasteiger partial charge in [-0.1, -0.05) is 0 Å². The second-order valence-electron chi connectivity index (χ2n) is 6.80. The summed E-state index contributed by atoms with van der Waals surface area (Å²) >= 11 is 0. The highest BCUT2D eigenvalue weighted by atomic mass is 16.7. The normalized spacial score (nSPS) is 22.7. The van der Waals surface area contributed by atoms with E-state index in [0.717, 1.165) is 32.3 Å². The van der Waals surface area contributed by atoms with Crippen molar-refractivity contribution in [2.45, 2.75) is 18.6 Å². The number of hydrogen-bond donors (Lipinski definition) is 0. The maximum absolute atomic E-state index is 12.5. The van der Waals surface area contributed by atoms with Crippen molar-refractivity contribution in [1.29, 1.82) is 0 Å². The molecule has 3 aliphatic rings. The van der Waals surface area contributed by atoms with Gasteiger partial charge in [0.2, 0.25) is 12.4 Å². The molecule has 2 amide bonds. The summed E-state index contributed by atoms with van der Waals surface area (Å²) in [6.45, 7) is 5.05. The van der Waals surface area contributed by atoms with Crippen molar-refractivity contribution in [1.82, 2.24) is 19.8 Å². The lowest BCUT2D eigenvalue weighted by Crippen LogP contribution is -2.48. The molecule has 4 rings (SSSR count). The zero-order valence-corrected chi connectivity index (χ0v) is 14.7. The Balaban J connectivity index is 1.35. The Morgan fingerprint density at radius 2 is 1.62 bits per heavy atom. The number of piperidine rings is 1. The monoisotopic (exact) mass is 361 g/mol. The Morgan fingerprint density at radius 3 is 2.19 bits per heavy atom. The van der Waals surface area contributed by atoms with E-state index in [9.17, 15) is 9.59 Å². The molecule has 1 aromatic heterocycles. The maximum Gasteiger partial charge on any atom is 0.257 e. The molecule has 9 heteroatoms. The van der Waals surface area contributed by atoms with Crippen molar-refractivity contribution in [3.63, 3.8) is 0 Å². The number of anilines is 1. The number of amides is 2. The maximum atomic E-state index is 12.5. The first-order valence-electron chi connectivity index (χ1n) is 9.03. The van der Waals surface area contributed by atoms with Gasteiger partial charge < -0.3 is 24.2 Å². The minimum Gasteiger partial charge on any atom is -0.347 e. The number of piperazine rings is 1. The summed E-state index contributed by atoms with van der Waals surface area (Å²) in [5.41, 5.74) is 0.476. The molecule has 0 atom stereocenters. The molecule has 0 N–H and O–H groups in total. The lowest BCUT2D eigenvalue weighted by Gasteiger charge is -2.37. The SMILES string of the molecule is O=CN1CCN(C(=O)c2cnc(N3CCC4(CC3)OCCO4)nc2)CC1. The van der Waals surface area contributed by atoms with E-state index < -0.39 is 5.79 Å². The third-order valence-corrected chi connectivity index (χ3v) is 5.26. The number of carbonyl (C=O) groups excluding carboxylic acids is 2. The number of ether oxygens (including phenoxy) is 2. The van der Waals surface area contributed by atoms with Crippen molar-refractivity contribution in [2.75, 3.05) is 57.4 Å². The zero-order chi connectivity index (χ0) is 18.0. The molecule has 140 valence electrons. The van der Waals surface area contributed by atoms with Gasteiger partial charge >= 0.3 is 0 Å². The van der Waals surface area contributed by atoms with E-state index in [1.54, 1.807) is 22.2 Å². The summed E-state index contributed by atoms with van der Waals surface area (Å²) in [5, 5.41) is 0. The van der Waals surface area contributed by atoms with Gasteiger partial charge in [-0.05, 0) is 0 Å². The standard InChI is InChI=1S/C17H23N5O4/c23-13-20-5-7-21(8-6-20)15(24)14-11-18-16(19-12-14)22-3-1-17(2-4-22)25-9-10-26-17/h11-13H,1-10H2. The summed E-state index contributed by atoms with van der Waals surface area (Å²) in [6, 6.07) is 0. The Morgan fingerprint density at radius 1 is 1.00 bits per heavy atom. The van der Waals surface area contributed by atoms with Crippen molar-refractivity contribution < 1.29 is 19.1 Å². The summed E-state index contributed by atoms with van der Waals surface area (Å²) in [7, 11) is 0. The average molecular weight is 361 g/mol. The fourth-order valence-electron chi connectivity index (χ4n) is 3.64. The minimum absolute atomic E-state index is 0.0903. The first kappa shape index (κ1) is 17.2. The first-order valence-corrected chi connectivity index (χ1v) is 9.03. The van der Waals surface area contributed by atoms with Gasteiger partial charge in [0.1, 0.15) is 0 Å². The topological polar surface area (TPSA) is 88.1 Å². The van der Waals surface area contributed by atoms with Crippen LogP contribution in [0, 0.1) is 0 Å². The van der Waals surface area contributed by atoms with Crippen LogP contribution in [0.15, 0.2) is 12.4 Å². The van der Waals surface area contributed by atoms with Crippen LogP contribution in [0.2, 0.25) is 0 Å². The Kier molecular flexibility index (Phi) is 4.73. The van der Waals surface area contributed by atoms with Crippen molar-refractivity contribution >= 4 is 18.3 Å². The van der Waals surface area contributed by atoms with Crippen LogP contribution in [0.25, 0.3) is 0 Å². The summed E-state index contributed by atoms with van der Waals surface area (Å²) < 4.78 is 11.5. The molecular weight excluding hydrogens is 338 g/mol. The van der Waals surface area contributed by atoms with Crippen LogP contribution in [0.4, 0.5) is 5.95 Å². The molecule has 26 heavy (non-hydrogen) atoms. The van der Waals surface area contributed by atoms with E-state index in [1.165, 1.54) is 0 Å². The van der Waals surface area contributed by atoms with Crippen LogP contribution in [-0.2, 0) is 14.3 Å². The van der Waals surface area contributed by atoms with E-state index in [2.05, 4.69) is 14.9 Å². The fraction of sp³-hybridized carbons (Fsp3) is 0.647. The number of carbonyl (C=O) groups is 2. The molecule has 3 aliphatic heterocycles. The minimum atomic E-state index is -0.421. The lowest BCUT2D eigenvalue weighted by molar-refractivity contribution is -0.169. The average Bonchev–Trinajstić information content (AvgIpc) is 3.16. The molecule has 1 spiro atoms. The van der Waals surface area contributed by atoms with E-state index >= 15 is 0 Å². The molecule has 4 heterocycles. The van der Waals surface area contributed by atoms with Crippen LogP contribution in [0.3, 0.4) is 0 Å². The highest BCUT2D eigenvalue weighted by Gasteiger charge is 2.40. The van der Waals surface area contributed by atoms with E-state index in [0.29, 0.717) is 50.9 Å². The highest BCUT2D eigenvalue weighted by molar-refractivity contribution is 5.93. The van der Waals surface area contributed by atoms with Crippen molar-refractivity contribution in [3.05, 3.63) is 18.0 Å². The van der Waals surface area contributed by atoms with Crippen molar-refractivity contribution in [3.8, 4) is 0 Å². The van der Waals surface area contributed by atoms with Crippen LogP contribution >= 0.6 is 0 Å². The number of aromatic nitrogens is 2. The van der Waals surface area contributed by atoms with Gasteiger partial charge in [-0.3, -0.25) is 9.59 Å². The van der Waals surface area contributed by atoms with E-state index in [1.807, 2.05) is 0 Å². The number of hydrogen-bond acceptors (Lipinski definition) is 7. The molecule has 0 aliphatic carbocycles. The van der Waals surface area contributed by atoms with Crippen LogP contribution in [0.1, 0.15) is 23.2 Å². The van der Waals surface area contributed by atoms with Gasteiger partial charge in [0.05, 0.1) is 18.8 Å². The Hall–Kier alpha value is -2.26.